The second-order valence-electron chi connectivity index (χ2n) is 6.41. The van der Waals surface area contributed by atoms with Gasteiger partial charge < -0.3 is 9.88 Å². The second kappa shape index (κ2) is 6.20. The van der Waals surface area contributed by atoms with Gasteiger partial charge in [-0.1, -0.05) is 30.3 Å². The zero-order valence-corrected chi connectivity index (χ0v) is 14.0. The van der Waals surface area contributed by atoms with Crippen molar-refractivity contribution in [3.63, 3.8) is 0 Å². The van der Waals surface area contributed by atoms with E-state index in [9.17, 15) is 9.18 Å². The fourth-order valence-electron chi connectivity index (χ4n) is 3.57. The van der Waals surface area contributed by atoms with Crippen molar-refractivity contribution in [2.75, 3.05) is 6.54 Å². The smallest absolute Gasteiger partial charge is 0.247 e. The monoisotopic (exact) mass is 334 g/mol. The van der Waals surface area contributed by atoms with Gasteiger partial charge in [-0.3, -0.25) is 4.79 Å². The summed E-state index contributed by atoms with van der Waals surface area (Å²) < 4.78 is 13.0. The Balaban J connectivity index is 1.57. The zero-order chi connectivity index (χ0) is 17.4. The number of fused-ring (bicyclic) bond motifs is 3. The molecule has 0 radical (unpaired) electrons. The third-order valence-corrected chi connectivity index (χ3v) is 4.91. The summed E-state index contributed by atoms with van der Waals surface area (Å²) in [5.74, 6) is -0.305. The maximum Gasteiger partial charge on any atom is 0.247 e. The minimum absolute atomic E-state index is 0.00141. The molecule has 126 valence electrons. The van der Waals surface area contributed by atoms with Gasteiger partial charge in [-0.15, -0.1) is 0 Å². The van der Waals surface area contributed by atoms with Gasteiger partial charge in [-0.2, -0.15) is 0 Å². The highest BCUT2D eigenvalue weighted by Crippen LogP contribution is 2.34. The SMILES string of the molecule is CC1c2[nH]c3ccccc3c2CCN1C(=O)/C=C/c1ccc(F)cc1. The number of nitrogens with one attached hydrogen (secondary N) is 1. The van der Waals surface area contributed by atoms with Crippen LogP contribution in [0.3, 0.4) is 0 Å². The molecule has 1 amide bonds. The lowest BCUT2D eigenvalue weighted by Gasteiger charge is -2.32. The molecule has 25 heavy (non-hydrogen) atoms. The predicted octanol–water partition coefficient (Wildman–Crippen LogP) is 4.47. The van der Waals surface area contributed by atoms with Crippen molar-refractivity contribution in [2.45, 2.75) is 19.4 Å². The maximum absolute atomic E-state index is 13.0. The Kier molecular flexibility index (Phi) is 3.88. The van der Waals surface area contributed by atoms with Crippen LogP contribution in [0.25, 0.3) is 17.0 Å². The highest BCUT2D eigenvalue weighted by atomic mass is 19.1. The first-order chi connectivity index (χ1) is 12.1. The van der Waals surface area contributed by atoms with Crippen molar-refractivity contribution < 1.29 is 9.18 Å². The number of benzene rings is 2. The van der Waals surface area contributed by atoms with Crippen molar-refractivity contribution in [3.05, 3.63) is 77.2 Å². The third kappa shape index (κ3) is 2.84. The normalized spacial score (nSPS) is 17.2. The number of rotatable bonds is 2. The number of halogens is 1. The van der Waals surface area contributed by atoms with Gasteiger partial charge in [-0.25, -0.2) is 4.39 Å². The molecule has 0 bridgehead atoms. The molecule has 1 unspecified atom stereocenters. The summed E-state index contributed by atoms with van der Waals surface area (Å²) in [6.07, 6.45) is 4.15. The van der Waals surface area contributed by atoms with Crippen LogP contribution in [0.5, 0.6) is 0 Å². The summed E-state index contributed by atoms with van der Waals surface area (Å²) in [6.45, 7) is 2.75. The molecule has 0 saturated carbocycles. The van der Waals surface area contributed by atoms with Crippen LogP contribution in [0, 0.1) is 5.82 Å². The number of aromatic nitrogens is 1. The molecule has 1 aromatic heterocycles. The average molecular weight is 334 g/mol. The maximum atomic E-state index is 13.0. The molecule has 0 saturated heterocycles. The van der Waals surface area contributed by atoms with E-state index in [1.54, 1.807) is 24.3 Å². The van der Waals surface area contributed by atoms with E-state index in [0.717, 1.165) is 23.2 Å². The lowest BCUT2D eigenvalue weighted by atomic mass is 9.98. The summed E-state index contributed by atoms with van der Waals surface area (Å²) in [5.41, 5.74) is 4.37. The minimum atomic E-state index is -0.278. The molecule has 0 spiro atoms. The van der Waals surface area contributed by atoms with E-state index in [2.05, 4.69) is 24.0 Å². The number of H-pyrrole nitrogens is 1. The highest BCUT2D eigenvalue weighted by molar-refractivity contribution is 5.93. The highest BCUT2D eigenvalue weighted by Gasteiger charge is 2.29. The molecule has 1 aliphatic heterocycles. The third-order valence-electron chi connectivity index (χ3n) is 4.91. The Labute approximate surface area is 145 Å². The van der Waals surface area contributed by atoms with Crippen LogP contribution in [0.2, 0.25) is 0 Å². The molecule has 4 rings (SSSR count). The van der Waals surface area contributed by atoms with Gasteiger partial charge in [0.25, 0.3) is 0 Å². The number of aromatic amines is 1. The number of amides is 1. The van der Waals surface area contributed by atoms with E-state index in [4.69, 9.17) is 0 Å². The first-order valence-corrected chi connectivity index (χ1v) is 8.47. The molecule has 1 aliphatic rings. The molecule has 0 fully saturated rings. The minimum Gasteiger partial charge on any atom is -0.356 e. The van der Waals surface area contributed by atoms with Crippen molar-refractivity contribution in [2.24, 2.45) is 0 Å². The van der Waals surface area contributed by atoms with Gasteiger partial charge in [0, 0.05) is 29.2 Å². The summed E-state index contributed by atoms with van der Waals surface area (Å²) >= 11 is 0. The van der Waals surface area contributed by atoms with Crippen molar-refractivity contribution in [1.29, 1.82) is 0 Å². The summed E-state index contributed by atoms with van der Waals surface area (Å²) in [5, 5.41) is 1.25. The Morgan fingerprint density at radius 3 is 2.76 bits per heavy atom. The molecule has 1 N–H and O–H groups in total. The quantitative estimate of drug-likeness (QED) is 0.690. The number of hydrogen-bond acceptors (Lipinski definition) is 1. The summed E-state index contributed by atoms with van der Waals surface area (Å²) in [7, 11) is 0. The van der Waals surface area contributed by atoms with Crippen LogP contribution < -0.4 is 0 Å². The topological polar surface area (TPSA) is 36.1 Å². The largest absolute Gasteiger partial charge is 0.356 e. The van der Waals surface area contributed by atoms with Crippen LogP contribution in [-0.4, -0.2) is 22.3 Å². The number of nitrogens with zero attached hydrogens (tertiary/aromatic N) is 1. The van der Waals surface area contributed by atoms with E-state index >= 15 is 0 Å². The van der Waals surface area contributed by atoms with Gasteiger partial charge in [0.05, 0.1) is 6.04 Å². The van der Waals surface area contributed by atoms with Gasteiger partial charge in [0.15, 0.2) is 0 Å². The van der Waals surface area contributed by atoms with E-state index in [1.807, 2.05) is 17.0 Å². The molecule has 4 heteroatoms. The van der Waals surface area contributed by atoms with Crippen LogP contribution in [0.15, 0.2) is 54.6 Å². The van der Waals surface area contributed by atoms with Crippen molar-refractivity contribution in [3.8, 4) is 0 Å². The van der Waals surface area contributed by atoms with Gasteiger partial charge >= 0.3 is 0 Å². The van der Waals surface area contributed by atoms with Gasteiger partial charge in [-0.05, 0) is 48.7 Å². The number of hydrogen-bond donors (Lipinski definition) is 1. The summed E-state index contributed by atoms with van der Waals surface area (Å²) in [4.78, 5) is 18.0. The van der Waals surface area contributed by atoms with Crippen LogP contribution in [0.4, 0.5) is 4.39 Å². The van der Waals surface area contributed by atoms with Crippen molar-refractivity contribution >= 4 is 22.9 Å². The van der Waals surface area contributed by atoms with E-state index in [0.29, 0.717) is 6.54 Å². The Morgan fingerprint density at radius 1 is 1.20 bits per heavy atom. The fourth-order valence-corrected chi connectivity index (χ4v) is 3.57. The zero-order valence-electron chi connectivity index (χ0n) is 14.0. The predicted molar refractivity (Wildman–Crippen MR) is 97.6 cm³/mol. The molecule has 2 aromatic carbocycles. The summed E-state index contributed by atoms with van der Waals surface area (Å²) in [6, 6.07) is 14.4. The molecule has 0 aliphatic carbocycles. The molecular weight excluding hydrogens is 315 g/mol. The van der Waals surface area contributed by atoms with Crippen LogP contribution in [-0.2, 0) is 11.2 Å². The second-order valence-corrected chi connectivity index (χ2v) is 6.41. The van der Waals surface area contributed by atoms with E-state index in [1.165, 1.54) is 23.1 Å². The lowest BCUT2D eigenvalue weighted by molar-refractivity contribution is -0.128. The number of carbonyl (C=O) groups excluding carboxylic acids is 1. The molecule has 2 heterocycles. The first-order valence-electron chi connectivity index (χ1n) is 8.47. The number of para-hydroxylation sites is 1. The first kappa shape index (κ1) is 15.6. The molecule has 3 nitrogen and oxygen atoms in total. The van der Waals surface area contributed by atoms with Gasteiger partial charge in [0.1, 0.15) is 5.82 Å². The fraction of sp³-hybridized carbons (Fsp3) is 0.190. The Bertz CT molecular complexity index is 956. The van der Waals surface area contributed by atoms with Crippen LogP contribution >= 0.6 is 0 Å². The Hall–Kier alpha value is -2.88. The van der Waals surface area contributed by atoms with Gasteiger partial charge in [0.2, 0.25) is 5.91 Å². The van der Waals surface area contributed by atoms with Crippen LogP contribution in [0.1, 0.15) is 29.8 Å². The Morgan fingerprint density at radius 2 is 1.96 bits per heavy atom. The van der Waals surface area contributed by atoms with Crippen molar-refractivity contribution in [1.82, 2.24) is 9.88 Å². The van der Waals surface area contributed by atoms with E-state index < -0.39 is 0 Å². The molecule has 1 atom stereocenters. The lowest BCUT2D eigenvalue weighted by Crippen LogP contribution is -2.37. The average Bonchev–Trinajstić information content (AvgIpc) is 3.01. The number of carbonyl (C=O) groups is 1. The molecule has 3 aromatic rings. The standard InChI is InChI=1S/C21H19FN2O/c1-14-21-18(17-4-2-3-5-19(17)23-21)12-13-24(14)20(25)11-8-15-6-9-16(22)10-7-15/h2-11,14,23H,12-13H2,1H3/b11-8+. The molecular formula is C21H19FN2O. The van der Waals surface area contributed by atoms with E-state index in [-0.39, 0.29) is 17.8 Å².